The fourth-order valence-corrected chi connectivity index (χ4v) is 6.24. The van der Waals surface area contributed by atoms with Crippen LogP contribution in [0.1, 0.15) is 25.3 Å². The number of aliphatic hydroxyl groups excluding tert-OH is 1. The van der Waals surface area contributed by atoms with Gasteiger partial charge in [0.2, 0.25) is 17.7 Å². The van der Waals surface area contributed by atoms with Crippen molar-refractivity contribution in [2.24, 2.45) is 11.8 Å². The van der Waals surface area contributed by atoms with Crippen LogP contribution >= 0.6 is 11.6 Å². The molecule has 1 spiro atoms. The van der Waals surface area contributed by atoms with Gasteiger partial charge in [0, 0.05) is 23.8 Å². The van der Waals surface area contributed by atoms with E-state index >= 15 is 0 Å². The zero-order chi connectivity index (χ0) is 24.8. The predicted molar refractivity (Wildman–Crippen MR) is 129 cm³/mol. The first-order chi connectivity index (χ1) is 16.8. The van der Waals surface area contributed by atoms with Crippen molar-refractivity contribution in [3.05, 3.63) is 65.2 Å². The van der Waals surface area contributed by atoms with Crippen molar-refractivity contribution in [1.82, 2.24) is 10.2 Å². The zero-order valence-corrected chi connectivity index (χ0v) is 20.1. The number of nitrogens with one attached hydrogen (secondary N) is 2. The van der Waals surface area contributed by atoms with Gasteiger partial charge in [0.1, 0.15) is 11.6 Å². The number of anilines is 1. The molecule has 0 radical (unpaired) electrons. The molecular weight excluding hydrogens is 470 g/mol. The SMILES string of the molecule is C[C@@]12CCC3(O1)C(C(=O)Nc1ccc(Cl)cc1)N(CCO)C(=O)[C@@H]3[C@@H]2C(=O)NCc1ccccc1. The highest BCUT2D eigenvalue weighted by Crippen LogP contribution is 2.63. The number of halogens is 1. The van der Waals surface area contributed by atoms with E-state index in [-0.39, 0.29) is 25.0 Å². The Morgan fingerprint density at radius 1 is 1.11 bits per heavy atom. The summed E-state index contributed by atoms with van der Waals surface area (Å²) in [5.74, 6) is -2.55. The molecule has 2 unspecified atom stereocenters. The first-order valence-corrected chi connectivity index (χ1v) is 12.2. The molecule has 3 saturated heterocycles. The topological polar surface area (TPSA) is 108 Å². The maximum absolute atomic E-state index is 13.7. The van der Waals surface area contributed by atoms with Gasteiger partial charge in [0.15, 0.2) is 0 Å². The average Bonchev–Trinajstić information content (AvgIpc) is 3.41. The minimum atomic E-state index is -1.13. The third kappa shape index (κ3) is 3.90. The summed E-state index contributed by atoms with van der Waals surface area (Å²) in [6.07, 6.45) is 1.03. The fraction of sp³-hybridized carbons (Fsp3) is 0.423. The predicted octanol–water partition coefficient (Wildman–Crippen LogP) is 2.35. The molecule has 3 heterocycles. The van der Waals surface area contributed by atoms with E-state index in [0.717, 1.165) is 5.56 Å². The molecule has 2 aromatic carbocycles. The van der Waals surface area contributed by atoms with Gasteiger partial charge in [0.25, 0.3) is 0 Å². The highest BCUT2D eigenvalue weighted by molar-refractivity contribution is 6.30. The molecule has 9 heteroatoms. The monoisotopic (exact) mass is 497 g/mol. The van der Waals surface area contributed by atoms with Crippen molar-refractivity contribution in [3.8, 4) is 0 Å². The lowest BCUT2D eigenvalue weighted by Gasteiger charge is -2.33. The molecule has 3 aliphatic heterocycles. The Bertz CT molecular complexity index is 1140. The van der Waals surface area contributed by atoms with E-state index in [9.17, 15) is 19.5 Å². The normalized spacial score (nSPS) is 30.9. The smallest absolute Gasteiger partial charge is 0.250 e. The summed E-state index contributed by atoms with van der Waals surface area (Å²) in [5, 5.41) is 16.0. The largest absolute Gasteiger partial charge is 0.395 e. The second-order valence-electron chi connectivity index (χ2n) is 9.68. The second-order valence-corrected chi connectivity index (χ2v) is 10.1. The molecule has 3 N–H and O–H groups in total. The summed E-state index contributed by atoms with van der Waals surface area (Å²) in [5.41, 5.74) is -0.506. The number of β-amino-alcohol motifs (C(OH)–C–C–N with tert-alkyl or cyclic N) is 1. The fourth-order valence-electron chi connectivity index (χ4n) is 6.11. The van der Waals surface area contributed by atoms with Crippen molar-refractivity contribution in [2.75, 3.05) is 18.5 Å². The number of aliphatic hydroxyl groups is 1. The summed E-state index contributed by atoms with van der Waals surface area (Å²) < 4.78 is 6.51. The van der Waals surface area contributed by atoms with Crippen LogP contribution in [0.25, 0.3) is 0 Å². The Labute approximate surface area is 208 Å². The summed E-state index contributed by atoms with van der Waals surface area (Å²) in [6, 6.07) is 15.3. The van der Waals surface area contributed by atoms with Crippen molar-refractivity contribution in [3.63, 3.8) is 0 Å². The molecule has 35 heavy (non-hydrogen) atoms. The summed E-state index contributed by atoms with van der Waals surface area (Å²) in [6.45, 7) is 1.86. The zero-order valence-electron chi connectivity index (χ0n) is 19.4. The number of rotatable bonds is 7. The average molecular weight is 498 g/mol. The van der Waals surface area contributed by atoms with Crippen LogP contribution in [0.15, 0.2) is 54.6 Å². The Hall–Kier alpha value is -2.94. The minimum Gasteiger partial charge on any atom is -0.395 e. The summed E-state index contributed by atoms with van der Waals surface area (Å²) >= 11 is 5.96. The Balaban J connectivity index is 1.44. The Kier molecular flexibility index (Phi) is 6.07. The van der Waals surface area contributed by atoms with Crippen LogP contribution in [-0.2, 0) is 25.7 Å². The van der Waals surface area contributed by atoms with Crippen LogP contribution in [0.2, 0.25) is 5.02 Å². The number of carbonyl (C=O) groups excluding carboxylic acids is 3. The van der Waals surface area contributed by atoms with Crippen LogP contribution in [0.5, 0.6) is 0 Å². The van der Waals surface area contributed by atoms with Crippen LogP contribution in [0.3, 0.4) is 0 Å². The molecule has 2 bridgehead atoms. The third-order valence-corrected chi connectivity index (χ3v) is 7.82. The molecule has 0 aliphatic carbocycles. The lowest BCUT2D eigenvalue weighted by molar-refractivity contribution is -0.145. The van der Waals surface area contributed by atoms with Gasteiger partial charge in [-0.1, -0.05) is 41.9 Å². The van der Waals surface area contributed by atoms with Gasteiger partial charge < -0.3 is 25.4 Å². The molecule has 0 saturated carbocycles. The number of amides is 3. The number of benzene rings is 2. The van der Waals surface area contributed by atoms with Crippen LogP contribution in [0, 0.1) is 11.8 Å². The molecule has 184 valence electrons. The summed E-state index contributed by atoms with van der Waals surface area (Å²) in [4.78, 5) is 42.0. The van der Waals surface area contributed by atoms with E-state index < -0.39 is 35.0 Å². The highest BCUT2D eigenvalue weighted by atomic mass is 35.5. The molecule has 3 aliphatic rings. The first-order valence-electron chi connectivity index (χ1n) is 11.8. The van der Waals surface area contributed by atoms with Gasteiger partial charge in [-0.3, -0.25) is 14.4 Å². The van der Waals surface area contributed by atoms with E-state index in [0.29, 0.717) is 30.1 Å². The van der Waals surface area contributed by atoms with Gasteiger partial charge in [-0.2, -0.15) is 0 Å². The third-order valence-electron chi connectivity index (χ3n) is 7.57. The first kappa shape index (κ1) is 23.8. The van der Waals surface area contributed by atoms with Gasteiger partial charge in [0.05, 0.1) is 24.0 Å². The number of nitrogens with zero attached hydrogens (tertiary/aromatic N) is 1. The van der Waals surface area contributed by atoms with Crippen molar-refractivity contribution in [2.45, 2.75) is 43.6 Å². The second kappa shape index (κ2) is 8.93. The molecule has 3 amide bonds. The Morgan fingerprint density at radius 3 is 2.51 bits per heavy atom. The van der Waals surface area contributed by atoms with Gasteiger partial charge >= 0.3 is 0 Å². The quantitative estimate of drug-likeness (QED) is 0.544. The minimum absolute atomic E-state index is 0.0196. The lowest BCUT2D eigenvalue weighted by atomic mass is 9.66. The number of carbonyl (C=O) groups is 3. The molecule has 3 fully saturated rings. The molecule has 5 atom stereocenters. The number of hydrogen-bond donors (Lipinski definition) is 3. The lowest BCUT2D eigenvalue weighted by Crippen LogP contribution is -2.53. The van der Waals surface area contributed by atoms with E-state index in [4.69, 9.17) is 16.3 Å². The number of hydrogen-bond acceptors (Lipinski definition) is 5. The maximum atomic E-state index is 13.7. The number of fused-ring (bicyclic) bond motifs is 1. The van der Waals surface area contributed by atoms with E-state index in [2.05, 4.69) is 10.6 Å². The van der Waals surface area contributed by atoms with Crippen LogP contribution < -0.4 is 10.6 Å². The molecule has 2 aromatic rings. The van der Waals surface area contributed by atoms with Gasteiger partial charge in [-0.15, -0.1) is 0 Å². The number of ether oxygens (including phenoxy) is 1. The molecule has 5 rings (SSSR count). The van der Waals surface area contributed by atoms with E-state index in [1.165, 1.54) is 4.90 Å². The van der Waals surface area contributed by atoms with Crippen molar-refractivity contribution >= 4 is 35.0 Å². The van der Waals surface area contributed by atoms with Crippen LogP contribution in [-0.4, -0.2) is 58.1 Å². The maximum Gasteiger partial charge on any atom is 0.250 e. The van der Waals surface area contributed by atoms with Crippen molar-refractivity contribution in [1.29, 1.82) is 0 Å². The Morgan fingerprint density at radius 2 is 1.83 bits per heavy atom. The van der Waals surface area contributed by atoms with Gasteiger partial charge in [-0.05, 0) is 49.6 Å². The van der Waals surface area contributed by atoms with Crippen molar-refractivity contribution < 1.29 is 24.2 Å². The number of likely N-dealkylation sites (tertiary alicyclic amines) is 1. The summed E-state index contributed by atoms with van der Waals surface area (Å²) in [7, 11) is 0. The highest BCUT2D eigenvalue weighted by Gasteiger charge is 2.77. The van der Waals surface area contributed by atoms with Crippen LogP contribution in [0.4, 0.5) is 5.69 Å². The molecule has 8 nitrogen and oxygen atoms in total. The standard InChI is InChI=1S/C26H28ClN3O5/c1-25-11-12-26(35-25)20(19(25)22(32)28-15-16-5-3-2-4-6-16)24(34)30(13-14-31)21(26)23(33)29-18-9-7-17(27)8-10-18/h2-10,19-21,31H,11-15H2,1H3,(H,28,32)(H,29,33)/t19-,20+,21?,25+,26?/m1/s1. The van der Waals surface area contributed by atoms with E-state index in [1.54, 1.807) is 24.3 Å². The van der Waals surface area contributed by atoms with E-state index in [1.807, 2.05) is 37.3 Å². The van der Waals surface area contributed by atoms with Gasteiger partial charge in [-0.25, -0.2) is 0 Å². The molecule has 0 aromatic heterocycles. The molecular formula is C26H28ClN3O5.